The van der Waals surface area contributed by atoms with Gasteiger partial charge in [0.15, 0.2) is 5.96 Å². The molecule has 0 spiro atoms. The van der Waals surface area contributed by atoms with Crippen molar-refractivity contribution < 1.29 is 4.39 Å². The zero-order valence-corrected chi connectivity index (χ0v) is 13.3. The third-order valence-electron chi connectivity index (χ3n) is 3.97. The van der Waals surface area contributed by atoms with Gasteiger partial charge >= 0.3 is 0 Å². The number of benzene rings is 1. The van der Waals surface area contributed by atoms with Crippen LogP contribution in [0, 0.1) is 5.82 Å². The molecule has 21 heavy (non-hydrogen) atoms. The van der Waals surface area contributed by atoms with Crippen LogP contribution in [0.15, 0.2) is 29.3 Å². The van der Waals surface area contributed by atoms with Gasteiger partial charge in [-0.15, -0.1) is 0 Å². The molecule has 1 fully saturated rings. The molecule has 1 aliphatic heterocycles. The van der Waals surface area contributed by atoms with Crippen LogP contribution >= 0.6 is 0 Å². The average Bonchev–Trinajstić information content (AvgIpc) is 2.97. The summed E-state index contributed by atoms with van der Waals surface area (Å²) in [7, 11) is 0. The predicted octanol–water partition coefficient (Wildman–Crippen LogP) is 3.16. The fourth-order valence-electron chi connectivity index (χ4n) is 2.63. The fraction of sp³-hybridized carbons (Fsp3) is 0.588. The fourth-order valence-corrected chi connectivity index (χ4v) is 2.63. The van der Waals surface area contributed by atoms with Crippen molar-refractivity contribution in [2.45, 2.75) is 39.0 Å². The minimum atomic E-state index is -0.184. The van der Waals surface area contributed by atoms with Crippen LogP contribution in [0.3, 0.4) is 0 Å². The Kier molecular flexibility index (Phi) is 5.21. The number of guanidine groups is 1. The van der Waals surface area contributed by atoms with Gasteiger partial charge in [0.05, 0.1) is 6.54 Å². The van der Waals surface area contributed by atoms with Crippen molar-refractivity contribution in [3.8, 4) is 0 Å². The molecule has 0 aliphatic carbocycles. The number of aliphatic imine (C=N–C) groups is 1. The molecule has 116 valence electrons. The van der Waals surface area contributed by atoms with Crippen LogP contribution in [-0.4, -0.2) is 37.0 Å². The summed E-state index contributed by atoms with van der Waals surface area (Å²) in [4.78, 5) is 7.09. The molecular weight excluding hydrogens is 265 g/mol. The van der Waals surface area contributed by atoms with E-state index in [0.717, 1.165) is 31.2 Å². The molecule has 0 aromatic heterocycles. The van der Waals surface area contributed by atoms with E-state index in [9.17, 15) is 4.39 Å². The van der Waals surface area contributed by atoms with Gasteiger partial charge < -0.3 is 10.2 Å². The zero-order valence-electron chi connectivity index (χ0n) is 13.3. The van der Waals surface area contributed by atoms with Gasteiger partial charge in [-0.05, 0) is 37.5 Å². The first kappa shape index (κ1) is 15.8. The lowest BCUT2D eigenvalue weighted by Gasteiger charge is -2.26. The van der Waals surface area contributed by atoms with Crippen LogP contribution in [0.2, 0.25) is 0 Å². The average molecular weight is 291 g/mol. The topological polar surface area (TPSA) is 27.6 Å². The first-order chi connectivity index (χ1) is 10.0. The van der Waals surface area contributed by atoms with Gasteiger partial charge in [-0.2, -0.15) is 0 Å². The van der Waals surface area contributed by atoms with E-state index in [2.05, 4.69) is 31.0 Å². The van der Waals surface area contributed by atoms with Gasteiger partial charge in [0.2, 0.25) is 0 Å². The Balaban J connectivity index is 2.11. The number of halogens is 1. The van der Waals surface area contributed by atoms with E-state index in [-0.39, 0.29) is 11.2 Å². The standard InChI is InChI=1S/C17H26FN3/c1-4-19-16(21-10-5-6-11-21)20-13-17(2,3)14-8-7-9-15(18)12-14/h7-9,12H,4-6,10-11,13H2,1-3H3,(H,19,20). The molecule has 1 heterocycles. The predicted molar refractivity (Wildman–Crippen MR) is 86.2 cm³/mol. The van der Waals surface area contributed by atoms with Crippen LogP contribution in [0.25, 0.3) is 0 Å². The third kappa shape index (κ3) is 4.19. The molecule has 1 aromatic rings. The normalized spacial score (nSPS) is 16.4. The molecule has 0 radical (unpaired) electrons. The lowest BCUT2D eigenvalue weighted by molar-refractivity contribution is 0.479. The maximum Gasteiger partial charge on any atom is 0.193 e. The Morgan fingerprint density at radius 2 is 2.05 bits per heavy atom. The first-order valence-electron chi connectivity index (χ1n) is 7.82. The van der Waals surface area contributed by atoms with Gasteiger partial charge in [0.25, 0.3) is 0 Å². The van der Waals surface area contributed by atoms with Crippen molar-refractivity contribution in [2.24, 2.45) is 4.99 Å². The quantitative estimate of drug-likeness (QED) is 0.681. The van der Waals surface area contributed by atoms with Crippen LogP contribution in [0.5, 0.6) is 0 Å². The largest absolute Gasteiger partial charge is 0.357 e. The smallest absolute Gasteiger partial charge is 0.193 e. The second-order valence-electron chi connectivity index (χ2n) is 6.26. The van der Waals surface area contributed by atoms with Gasteiger partial charge in [-0.3, -0.25) is 4.99 Å². The van der Waals surface area contributed by atoms with Gasteiger partial charge in [-0.1, -0.05) is 26.0 Å². The summed E-state index contributed by atoms with van der Waals surface area (Å²) in [6.45, 7) is 9.98. The summed E-state index contributed by atoms with van der Waals surface area (Å²) in [5.74, 6) is 0.801. The summed E-state index contributed by atoms with van der Waals surface area (Å²) in [6, 6.07) is 6.83. The molecule has 1 N–H and O–H groups in total. The van der Waals surface area contributed by atoms with E-state index in [0.29, 0.717) is 6.54 Å². The van der Waals surface area contributed by atoms with Crippen LogP contribution in [-0.2, 0) is 5.41 Å². The van der Waals surface area contributed by atoms with Gasteiger partial charge in [0.1, 0.15) is 5.82 Å². The third-order valence-corrected chi connectivity index (χ3v) is 3.97. The second kappa shape index (κ2) is 6.92. The van der Waals surface area contributed by atoms with E-state index >= 15 is 0 Å². The van der Waals surface area contributed by atoms with E-state index < -0.39 is 0 Å². The summed E-state index contributed by atoms with van der Waals surface area (Å²) >= 11 is 0. The van der Waals surface area contributed by atoms with E-state index in [4.69, 9.17) is 4.99 Å². The molecule has 0 amide bonds. The second-order valence-corrected chi connectivity index (χ2v) is 6.26. The molecular formula is C17H26FN3. The van der Waals surface area contributed by atoms with Gasteiger partial charge in [0, 0.05) is 25.0 Å². The summed E-state index contributed by atoms with van der Waals surface area (Å²) in [6.07, 6.45) is 2.47. The Hall–Kier alpha value is -1.58. The molecule has 0 bridgehead atoms. The number of nitrogens with zero attached hydrogens (tertiary/aromatic N) is 2. The highest BCUT2D eigenvalue weighted by atomic mass is 19.1. The molecule has 1 aromatic carbocycles. The van der Waals surface area contributed by atoms with Crippen molar-refractivity contribution >= 4 is 5.96 Å². The summed E-state index contributed by atoms with van der Waals surface area (Å²) in [5.41, 5.74) is 0.811. The minimum absolute atomic E-state index is 0.178. The Bertz CT molecular complexity index is 491. The van der Waals surface area contributed by atoms with Crippen molar-refractivity contribution in [1.82, 2.24) is 10.2 Å². The van der Waals surface area contributed by atoms with Crippen molar-refractivity contribution in [1.29, 1.82) is 0 Å². The minimum Gasteiger partial charge on any atom is -0.357 e. The molecule has 0 unspecified atom stereocenters. The maximum atomic E-state index is 13.4. The Morgan fingerprint density at radius 1 is 1.33 bits per heavy atom. The van der Waals surface area contributed by atoms with Crippen molar-refractivity contribution in [3.63, 3.8) is 0 Å². The number of likely N-dealkylation sites (tertiary alicyclic amines) is 1. The van der Waals surface area contributed by atoms with E-state index in [1.165, 1.54) is 18.9 Å². The Morgan fingerprint density at radius 3 is 2.67 bits per heavy atom. The molecule has 2 rings (SSSR count). The highest BCUT2D eigenvalue weighted by molar-refractivity contribution is 5.80. The van der Waals surface area contributed by atoms with Crippen molar-refractivity contribution in [2.75, 3.05) is 26.2 Å². The maximum absolute atomic E-state index is 13.4. The lowest BCUT2D eigenvalue weighted by Crippen LogP contribution is -2.40. The monoisotopic (exact) mass is 291 g/mol. The summed E-state index contributed by atoms with van der Waals surface area (Å²) < 4.78 is 13.4. The number of nitrogens with one attached hydrogen (secondary N) is 1. The Labute approximate surface area is 127 Å². The number of rotatable bonds is 4. The highest BCUT2D eigenvalue weighted by Crippen LogP contribution is 2.24. The van der Waals surface area contributed by atoms with Gasteiger partial charge in [-0.25, -0.2) is 4.39 Å². The van der Waals surface area contributed by atoms with Crippen LogP contribution < -0.4 is 5.32 Å². The van der Waals surface area contributed by atoms with Crippen molar-refractivity contribution in [3.05, 3.63) is 35.6 Å². The molecule has 3 nitrogen and oxygen atoms in total. The number of hydrogen-bond acceptors (Lipinski definition) is 1. The van der Waals surface area contributed by atoms with E-state index in [1.807, 2.05) is 6.07 Å². The summed E-state index contributed by atoms with van der Waals surface area (Å²) in [5, 5.41) is 3.36. The first-order valence-corrected chi connectivity index (χ1v) is 7.82. The zero-order chi connectivity index (χ0) is 15.3. The molecule has 0 atom stereocenters. The SMILES string of the molecule is CCNC(=NCC(C)(C)c1cccc(F)c1)N1CCCC1. The van der Waals surface area contributed by atoms with E-state index in [1.54, 1.807) is 12.1 Å². The molecule has 1 aliphatic rings. The molecule has 1 saturated heterocycles. The molecule has 0 saturated carbocycles. The molecule has 4 heteroatoms. The van der Waals surface area contributed by atoms with Crippen LogP contribution in [0.1, 0.15) is 39.2 Å². The lowest BCUT2D eigenvalue weighted by atomic mass is 9.85. The van der Waals surface area contributed by atoms with Crippen LogP contribution in [0.4, 0.5) is 4.39 Å². The highest BCUT2D eigenvalue weighted by Gasteiger charge is 2.22. The number of hydrogen-bond donors (Lipinski definition) is 1.